The third-order valence-corrected chi connectivity index (χ3v) is 4.66. The lowest BCUT2D eigenvalue weighted by atomic mass is 10.0. The average molecular weight is 379 g/mol. The van der Waals surface area contributed by atoms with Gasteiger partial charge in [-0.25, -0.2) is 4.98 Å². The molecule has 3 aromatic rings. The Morgan fingerprint density at radius 2 is 1.86 bits per heavy atom. The molecule has 6 nitrogen and oxygen atoms in total. The molecular formula is C22H25N3O3. The summed E-state index contributed by atoms with van der Waals surface area (Å²) in [6.45, 7) is 2.76. The highest BCUT2D eigenvalue weighted by molar-refractivity contribution is 5.94. The largest absolute Gasteiger partial charge is 0.493 e. The number of nitrogens with one attached hydrogen (secondary N) is 1. The van der Waals surface area contributed by atoms with Gasteiger partial charge in [-0.2, -0.15) is 0 Å². The number of imidazole rings is 1. The Hall–Kier alpha value is -3.28. The third-order valence-electron chi connectivity index (χ3n) is 4.66. The van der Waals surface area contributed by atoms with Crippen molar-refractivity contribution in [2.45, 2.75) is 25.9 Å². The van der Waals surface area contributed by atoms with Crippen LogP contribution in [-0.4, -0.2) is 29.7 Å². The zero-order valence-corrected chi connectivity index (χ0v) is 16.4. The Bertz CT molecular complexity index is 905. The summed E-state index contributed by atoms with van der Waals surface area (Å²) in [5.74, 6) is 1.22. The molecule has 3 rings (SSSR count). The van der Waals surface area contributed by atoms with Gasteiger partial charge in [-0.15, -0.1) is 0 Å². The summed E-state index contributed by atoms with van der Waals surface area (Å²) in [6, 6.07) is 13.2. The van der Waals surface area contributed by atoms with Crippen molar-refractivity contribution in [3.05, 3.63) is 77.9 Å². The van der Waals surface area contributed by atoms with Crippen LogP contribution in [0.1, 0.15) is 40.9 Å². The van der Waals surface area contributed by atoms with Gasteiger partial charge in [0.2, 0.25) is 0 Å². The summed E-state index contributed by atoms with van der Waals surface area (Å²) in [6.07, 6.45) is 6.20. The monoisotopic (exact) mass is 379 g/mol. The van der Waals surface area contributed by atoms with E-state index in [2.05, 4.69) is 10.3 Å². The zero-order valence-electron chi connectivity index (χ0n) is 16.4. The molecule has 1 N–H and O–H groups in total. The Kier molecular flexibility index (Phi) is 6.32. The van der Waals surface area contributed by atoms with Crippen LogP contribution in [0.5, 0.6) is 11.5 Å². The number of hydrogen-bond donors (Lipinski definition) is 1. The van der Waals surface area contributed by atoms with Gasteiger partial charge in [0, 0.05) is 24.5 Å². The van der Waals surface area contributed by atoms with Crippen molar-refractivity contribution in [2.24, 2.45) is 0 Å². The molecule has 0 fully saturated rings. The number of nitrogens with zero attached hydrogens (tertiary/aromatic N) is 2. The van der Waals surface area contributed by atoms with Crippen molar-refractivity contribution in [3.63, 3.8) is 0 Å². The molecule has 1 amide bonds. The van der Waals surface area contributed by atoms with Crippen LogP contribution in [0.3, 0.4) is 0 Å². The van der Waals surface area contributed by atoms with Gasteiger partial charge in [-0.1, -0.05) is 25.1 Å². The zero-order chi connectivity index (χ0) is 19.9. The lowest BCUT2D eigenvalue weighted by Crippen LogP contribution is -2.28. The van der Waals surface area contributed by atoms with E-state index in [1.165, 1.54) is 0 Å². The fourth-order valence-electron chi connectivity index (χ4n) is 3.08. The van der Waals surface area contributed by atoms with Crippen LogP contribution in [0, 0.1) is 0 Å². The van der Waals surface area contributed by atoms with Gasteiger partial charge in [0.05, 0.1) is 26.6 Å². The van der Waals surface area contributed by atoms with Gasteiger partial charge < -0.3 is 19.4 Å². The second-order valence-electron chi connectivity index (χ2n) is 6.48. The molecule has 0 aliphatic rings. The van der Waals surface area contributed by atoms with E-state index in [9.17, 15) is 4.79 Å². The maximum Gasteiger partial charge on any atom is 0.251 e. The fraction of sp³-hybridized carbons (Fsp3) is 0.273. The average Bonchev–Trinajstić information content (AvgIpc) is 3.24. The highest BCUT2D eigenvalue weighted by Crippen LogP contribution is 2.31. The number of benzene rings is 2. The number of carbonyl (C=O) groups excluding carboxylic acids is 1. The molecule has 0 saturated heterocycles. The van der Waals surface area contributed by atoms with E-state index in [4.69, 9.17) is 9.47 Å². The van der Waals surface area contributed by atoms with Crippen LogP contribution in [-0.2, 0) is 6.54 Å². The molecule has 1 atom stereocenters. The molecule has 2 aromatic carbocycles. The van der Waals surface area contributed by atoms with Gasteiger partial charge in [0.25, 0.3) is 5.91 Å². The van der Waals surface area contributed by atoms with Crippen LogP contribution in [0.2, 0.25) is 0 Å². The Labute approximate surface area is 165 Å². The van der Waals surface area contributed by atoms with Gasteiger partial charge in [-0.05, 0) is 41.8 Å². The minimum Gasteiger partial charge on any atom is -0.493 e. The Balaban J connectivity index is 1.70. The minimum absolute atomic E-state index is 0.101. The summed E-state index contributed by atoms with van der Waals surface area (Å²) < 4.78 is 12.6. The van der Waals surface area contributed by atoms with Gasteiger partial charge in [0.15, 0.2) is 11.5 Å². The lowest BCUT2D eigenvalue weighted by Gasteiger charge is -2.19. The Morgan fingerprint density at radius 1 is 1.11 bits per heavy atom. The summed E-state index contributed by atoms with van der Waals surface area (Å²) in [5, 5.41) is 3.10. The first-order valence-corrected chi connectivity index (χ1v) is 9.22. The number of rotatable bonds is 8. The van der Waals surface area contributed by atoms with Crippen LogP contribution >= 0.6 is 0 Å². The second-order valence-corrected chi connectivity index (χ2v) is 6.48. The van der Waals surface area contributed by atoms with Crippen LogP contribution in [0.4, 0.5) is 0 Å². The van der Waals surface area contributed by atoms with Crippen LogP contribution in [0.15, 0.2) is 61.2 Å². The molecular weight excluding hydrogens is 354 g/mol. The highest BCUT2D eigenvalue weighted by Gasteiger charge is 2.16. The number of amides is 1. The summed E-state index contributed by atoms with van der Waals surface area (Å²) in [7, 11) is 3.21. The van der Waals surface area contributed by atoms with Crippen molar-refractivity contribution < 1.29 is 14.3 Å². The molecule has 0 aliphatic heterocycles. The van der Waals surface area contributed by atoms with Crippen molar-refractivity contribution in [3.8, 4) is 11.5 Å². The standard InChI is InChI=1S/C22H25N3O3/c1-4-19(18-9-10-20(27-2)21(13-18)28-3)24-22(26)17-7-5-16(6-8-17)14-25-12-11-23-15-25/h5-13,15,19H,4,14H2,1-3H3,(H,24,26)/t19-/m0/s1. The maximum atomic E-state index is 12.7. The highest BCUT2D eigenvalue weighted by atomic mass is 16.5. The number of aromatic nitrogens is 2. The van der Waals surface area contributed by atoms with Crippen molar-refractivity contribution >= 4 is 5.91 Å². The van der Waals surface area contributed by atoms with E-state index in [1.807, 2.05) is 60.2 Å². The molecule has 0 bridgehead atoms. The molecule has 0 saturated carbocycles. The number of carbonyl (C=O) groups is 1. The van der Waals surface area contributed by atoms with E-state index in [-0.39, 0.29) is 11.9 Å². The van der Waals surface area contributed by atoms with E-state index in [0.29, 0.717) is 17.1 Å². The topological polar surface area (TPSA) is 65.4 Å². The fourth-order valence-corrected chi connectivity index (χ4v) is 3.08. The van der Waals surface area contributed by atoms with Gasteiger partial charge in [0.1, 0.15) is 0 Å². The van der Waals surface area contributed by atoms with E-state index < -0.39 is 0 Å². The summed E-state index contributed by atoms with van der Waals surface area (Å²) in [5.41, 5.74) is 2.72. The summed E-state index contributed by atoms with van der Waals surface area (Å²) >= 11 is 0. The van der Waals surface area contributed by atoms with Gasteiger partial charge in [-0.3, -0.25) is 4.79 Å². The van der Waals surface area contributed by atoms with Crippen LogP contribution in [0.25, 0.3) is 0 Å². The second kappa shape index (κ2) is 9.08. The molecule has 146 valence electrons. The van der Waals surface area contributed by atoms with Crippen molar-refractivity contribution in [1.82, 2.24) is 14.9 Å². The first-order chi connectivity index (χ1) is 13.6. The predicted molar refractivity (Wildman–Crippen MR) is 108 cm³/mol. The van der Waals surface area contributed by atoms with Crippen molar-refractivity contribution in [1.29, 1.82) is 0 Å². The lowest BCUT2D eigenvalue weighted by molar-refractivity contribution is 0.0935. The van der Waals surface area contributed by atoms with Gasteiger partial charge >= 0.3 is 0 Å². The first-order valence-electron chi connectivity index (χ1n) is 9.22. The number of hydrogen-bond acceptors (Lipinski definition) is 4. The molecule has 6 heteroatoms. The quantitative estimate of drug-likeness (QED) is 0.646. The SMILES string of the molecule is CC[C@H](NC(=O)c1ccc(Cn2ccnc2)cc1)c1ccc(OC)c(OC)c1. The first kappa shape index (κ1) is 19.5. The molecule has 0 unspecified atom stereocenters. The molecule has 1 aromatic heterocycles. The van der Waals surface area contributed by atoms with E-state index in [0.717, 1.165) is 24.1 Å². The van der Waals surface area contributed by atoms with E-state index >= 15 is 0 Å². The molecule has 0 aliphatic carbocycles. The summed E-state index contributed by atoms with van der Waals surface area (Å²) in [4.78, 5) is 16.8. The minimum atomic E-state index is -0.113. The molecule has 28 heavy (non-hydrogen) atoms. The molecule has 0 spiro atoms. The van der Waals surface area contributed by atoms with Crippen molar-refractivity contribution in [2.75, 3.05) is 14.2 Å². The Morgan fingerprint density at radius 3 is 2.46 bits per heavy atom. The normalized spacial score (nSPS) is 11.7. The third kappa shape index (κ3) is 4.52. The number of ether oxygens (including phenoxy) is 2. The molecule has 1 heterocycles. The predicted octanol–water partition coefficient (Wildman–Crippen LogP) is 3.83. The molecule has 0 radical (unpaired) electrons. The maximum absolute atomic E-state index is 12.7. The van der Waals surface area contributed by atoms with Crippen LogP contribution < -0.4 is 14.8 Å². The van der Waals surface area contributed by atoms with E-state index in [1.54, 1.807) is 26.7 Å². The number of methoxy groups -OCH3 is 2. The smallest absolute Gasteiger partial charge is 0.251 e.